The molecule has 1 N–H and O–H groups in total. The van der Waals surface area contributed by atoms with Crippen molar-refractivity contribution in [3.8, 4) is 0 Å². The molecule has 176 valence electrons. The number of aliphatic hydroxyl groups is 1. The maximum Gasteiger partial charge on any atom is 1.00 e. The average molecular weight is 580 g/mol. The molecule has 7 heteroatoms. The number of aliphatic hydroxyl groups excluding tert-OH is 1. The summed E-state index contributed by atoms with van der Waals surface area (Å²) >= 11 is 0.862. The van der Waals surface area contributed by atoms with Crippen LogP contribution in [-0.2, 0) is 9.53 Å². The number of allylic oxidation sites excluding steroid dienone is 6. The zero-order valence-corrected chi connectivity index (χ0v) is 23.0. The zero-order chi connectivity index (χ0) is 22.9. The van der Waals surface area contributed by atoms with Crippen LogP contribution in [0.5, 0.6) is 0 Å². The van der Waals surface area contributed by atoms with Crippen molar-refractivity contribution < 1.29 is 54.7 Å². The number of ether oxygens (including phenoxy) is 1. The summed E-state index contributed by atoms with van der Waals surface area (Å²) < 4.78 is 8.97. The van der Waals surface area contributed by atoms with Crippen molar-refractivity contribution in [3.63, 3.8) is 0 Å². The minimum atomic E-state index is -0.650. The molecule has 4 nitrogen and oxygen atoms in total. The monoisotopic (exact) mass is 580 g/mol. The summed E-state index contributed by atoms with van der Waals surface area (Å²) in [4.78, 5) is 16.0. The van der Waals surface area contributed by atoms with E-state index in [0.29, 0.717) is 4.88 Å². The molecule has 2 aliphatic rings. The number of methoxy groups -OCH3 is 1. The van der Waals surface area contributed by atoms with E-state index in [9.17, 15) is 9.90 Å². The van der Waals surface area contributed by atoms with E-state index in [1.54, 1.807) is 13.3 Å². The fourth-order valence-corrected chi connectivity index (χ4v) is 6.73. The number of hydrogen-bond acceptors (Lipinski definition) is 5. The van der Waals surface area contributed by atoms with Gasteiger partial charge in [-0.2, -0.15) is 18.6 Å². The zero-order valence-electron chi connectivity index (χ0n) is 20.0. The second-order valence-electron chi connectivity index (χ2n) is 7.04. The molecule has 0 bridgehead atoms. The van der Waals surface area contributed by atoms with Gasteiger partial charge in [0, 0.05) is 5.76 Å². The molecule has 0 amide bonds. The molecular weight excluding hydrogens is 552 g/mol. The van der Waals surface area contributed by atoms with E-state index in [1.807, 2.05) is 65.9 Å². The first-order chi connectivity index (χ1) is 15.5. The van der Waals surface area contributed by atoms with Crippen LogP contribution in [0, 0.1) is 21.3 Å². The number of benzene rings is 1. The number of rotatable bonds is 4. The largest absolute Gasteiger partial charge is 1.00 e. The first-order valence-corrected chi connectivity index (χ1v) is 13.2. The van der Waals surface area contributed by atoms with Gasteiger partial charge in [0.2, 0.25) is 0 Å². The molecule has 2 heterocycles. The van der Waals surface area contributed by atoms with Crippen LogP contribution in [0.25, 0.3) is 3.58 Å². The predicted molar refractivity (Wildman–Crippen MR) is 132 cm³/mol. The number of thiophene rings is 1. The minimum absolute atomic E-state index is 0. The van der Waals surface area contributed by atoms with Gasteiger partial charge in [0.1, 0.15) is 0 Å². The van der Waals surface area contributed by atoms with Crippen LogP contribution >= 0.6 is 11.3 Å². The van der Waals surface area contributed by atoms with Crippen LogP contribution in [0.1, 0.15) is 34.9 Å². The van der Waals surface area contributed by atoms with Crippen molar-refractivity contribution in [3.05, 3.63) is 116 Å². The van der Waals surface area contributed by atoms with Crippen molar-refractivity contribution in [2.24, 2.45) is 4.99 Å². The second-order valence-corrected chi connectivity index (χ2v) is 10.5. The molecule has 0 radical (unpaired) electrons. The van der Waals surface area contributed by atoms with E-state index in [0.717, 1.165) is 48.8 Å². The van der Waals surface area contributed by atoms with Crippen molar-refractivity contribution in [1.29, 1.82) is 0 Å². The van der Waals surface area contributed by atoms with E-state index in [2.05, 4.69) is 18.0 Å². The fraction of sp³-hybridized carbons (Fsp3) is 0.185. The first kappa shape index (κ1) is 30.2. The molecule has 1 aliphatic carbocycles. The number of carbonyl (C=O) groups excluding carboxylic acids is 1. The number of hydrogen-bond donors (Lipinski definition) is 1. The van der Waals surface area contributed by atoms with E-state index >= 15 is 0 Å². The Morgan fingerprint density at radius 2 is 2.03 bits per heavy atom. The number of halogens is 1. The Kier molecular flexibility index (Phi) is 13.5. The van der Waals surface area contributed by atoms with E-state index < -0.39 is 27.3 Å². The van der Waals surface area contributed by atoms with Gasteiger partial charge in [0.05, 0.1) is 7.11 Å². The SMILES string of the molecule is Cc1c([C-]=O)sc2c1=C(C(O)c1ccccc1)[I-]C=CN=2.[CH2-]C1=C/C=C\CC/C(OC)=C\1.[CH3-].[Li+]. The molecule has 0 spiro atoms. The summed E-state index contributed by atoms with van der Waals surface area (Å²) in [6.07, 6.45) is 13.2. The minimum Gasteiger partial charge on any atom is -0.514 e. The Hall–Kier alpha value is -1.82. The van der Waals surface area contributed by atoms with Crippen molar-refractivity contribution in [2.75, 3.05) is 7.11 Å². The maximum atomic E-state index is 11.0. The van der Waals surface area contributed by atoms with Gasteiger partial charge in [-0.15, -0.1) is 12.2 Å². The maximum absolute atomic E-state index is 11.0. The molecule has 34 heavy (non-hydrogen) atoms. The average Bonchev–Trinajstić information content (AvgIpc) is 2.97. The molecule has 1 aromatic carbocycles. The topological polar surface area (TPSA) is 58.9 Å². The molecule has 1 aromatic heterocycles. The molecule has 2 aromatic rings. The summed E-state index contributed by atoms with van der Waals surface area (Å²) in [5, 5.41) is 11.7. The Labute approximate surface area is 229 Å². The van der Waals surface area contributed by atoms with Crippen LogP contribution in [-0.4, -0.2) is 18.5 Å². The van der Waals surface area contributed by atoms with E-state index in [-0.39, 0.29) is 26.3 Å². The molecule has 4 rings (SSSR count). The van der Waals surface area contributed by atoms with E-state index in [4.69, 9.17) is 4.74 Å². The smallest absolute Gasteiger partial charge is 0.514 e. The van der Waals surface area contributed by atoms with Crippen LogP contribution in [0.15, 0.2) is 81.2 Å². The van der Waals surface area contributed by atoms with Crippen LogP contribution in [0.3, 0.4) is 0 Å². The van der Waals surface area contributed by atoms with Crippen molar-refractivity contribution in [2.45, 2.75) is 25.9 Å². The van der Waals surface area contributed by atoms with Crippen molar-refractivity contribution >= 4 is 21.2 Å². The summed E-state index contributed by atoms with van der Waals surface area (Å²) in [5.74, 6) is 1.01. The van der Waals surface area contributed by atoms with Gasteiger partial charge in [0.15, 0.2) is 0 Å². The Bertz CT molecular complexity index is 1200. The van der Waals surface area contributed by atoms with Crippen molar-refractivity contribution in [1.82, 2.24) is 0 Å². The summed E-state index contributed by atoms with van der Waals surface area (Å²) in [7, 11) is 1.70. The third-order valence-electron chi connectivity index (χ3n) is 4.86. The van der Waals surface area contributed by atoms with Crippen LogP contribution in [0.2, 0.25) is 0 Å². The summed E-state index contributed by atoms with van der Waals surface area (Å²) in [6.45, 7) is 5.75. The third kappa shape index (κ3) is 7.86. The Morgan fingerprint density at radius 3 is 2.71 bits per heavy atom. The molecule has 1 atom stereocenters. The standard InChI is InChI=1S/C16H12INO2S.C10H13O.CH3.Li/c1-10-12(9-19)21-16-13(10)14(17-7-8-18-16)15(20)11-5-3-2-4-6-11;1-9-6-4-3-5-7-10(8-9)11-2;;/h2-8,15,20H,1H3;3-4,6,8H,1,5,7H2,2H3;1H3;/q-2;2*-1;+1/b;4-3-,9-6-,10-8+;;. The number of nitrogens with zero attached hydrogens (tertiary/aromatic N) is 1. The summed E-state index contributed by atoms with van der Waals surface area (Å²) in [5.41, 5.74) is 2.75. The third-order valence-corrected chi connectivity index (χ3v) is 8.43. The number of fused-ring (bicyclic) bond motifs is 1. The molecule has 0 saturated carbocycles. The summed E-state index contributed by atoms with van der Waals surface area (Å²) in [6, 6.07) is 9.60. The van der Waals surface area contributed by atoms with Gasteiger partial charge < -0.3 is 12.2 Å². The molecule has 0 fully saturated rings. The Balaban J connectivity index is 0.000000382. The molecule has 1 aliphatic heterocycles. The van der Waals surface area contributed by atoms with Crippen LogP contribution in [0.4, 0.5) is 0 Å². The van der Waals surface area contributed by atoms with Gasteiger partial charge in [-0.1, -0.05) is 6.08 Å². The normalized spacial score (nSPS) is 19.3. The fourth-order valence-electron chi connectivity index (χ4n) is 3.19. The van der Waals surface area contributed by atoms with Gasteiger partial charge in [0.25, 0.3) is 0 Å². The van der Waals surface area contributed by atoms with Crippen LogP contribution < -0.4 is 50.0 Å². The Morgan fingerprint density at radius 1 is 1.29 bits per heavy atom. The quantitative estimate of drug-likeness (QED) is 0.276. The predicted octanol–water partition coefficient (Wildman–Crippen LogP) is -1.37. The van der Waals surface area contributed by atoms with E-state index in [1.165, 1.54) is 11.3 Å². The van der Waals surface area contributed by atoms with Gasteiger partial charge in [-0.3, -0.25) is 0 Å². The van der Waals surface area contributed by atoms with Gasteiger partial charge in [-0.05, 0) is 12.8 Å². The molecule has 0 saturated heterocycles. The van der Waals surface area contributed by atoms with Gasteiger partial charge >= 0.3 is 156 Å². The first-order valence-electron chi connectivity index (χ1n) is 10.1. The molecular formula is C27H28ILiNO3S-3. The molecule has 1 unspecified atom stereocenters. The van der Waals surface area contributed by atoms with Gasteiger partial charge in [-0.25, -0.2) is 0 Å². The second kappa shape index (κ2) is 15.2.